The molecule has 4 rings (SSSR count). The van der Waals surface area contributed by atoms with Crippen LogP contribution in [0.3, 0.4) is 0 Å². The van der Waals surface area contributed by atoms with Gasteiger partial charge in [-0.05, 0) is 46.4 Å². The summed E-state index contributed by atoms with van der Waals surface area (Å²) in [6.45, 7) is 0.509. The van der Waals surface area contributed by atoms with Gasteiger partial charge in [-0.15, -0.1) is 5.10 Å². The lowest BCUT2D eigenvalue weighted by Gasteiger charge is -2.23. The van der Waals surface area contributed by atoms with Crippen molar-refractivity contribution in [1.29, 1.82) is 0 Å². The summed E-state index contributed by atoms with van der Waals surface area (Å²) in [6, 6.07) is 22.9. The number of carbonyl (C=O) groups excluding carboxylic acids is 3. The van der Waals surface area contributed by atoms with E-state index in [0.29, 0.717) is 5.56 Å². The first-order chi connectivity index (χ1) is 18.0. The molecule has 3 N–H and O–H groups in total. The van der Waals surface area contributed by atoms with Gasteiger partial charge in [0.25, 0.3) is 11.8 Å². The fourth-order valence-electron chi connectivity index (χ4n) is 3.49. The molecule has 0 fully saturated rings. The van der Waals surface area contributed by atoms with Crippen molar-refractivity contribution in [1.82, 2.24) is 25.3 Å². The van der Waals surface area contributed by atoms with Crippen molar-refractivity contribution in [2.24, 2.45) is 0 Å². The van der Waals surface area contributed by atoms with Crippen LogP contribution in [0.15, 0.2) is 90.3 Å². The molecule has 0 radical (unpaired) electrons. The van der Waals surface area contributed by atoms with E-state index in [9.17, 15) is 14.4 Å². The molecule has 37 heavy (non-hydrogen) atoms. The average Bonchev–Trinajstić information content (AvgIpc) is 3.48. The van der Waals surface area contributed by atoms with E-state index in [1.54, 1.807) is 53.4 Å². The van der Waals surface area contributed by atoms with Crippen molar-refractivity contribution >= 4 is 35.5 Å². The molecule has 1 heterocycles. The molecule has 0 spiro atoms. The maximum Gasteiger partial charge on any atom is 0.324 e. The summed E-state index contributed by atoms with van der Waals surface area (Å²) in [7, 11) is 0. The van der Waals surface area contributed by atoms with Crippen molar-refractivity contribution in [3.63, 3.8) is 0 Å². The zero-order valence-electron chi connectivity index (χ0n) is 19.6. The maximum absolute atomic E-state index is 13.2. The fourth-order valence-corrected chi connectivity index (χ4v) is 3.96. The Morgan fingerprint density at radius 3 is 2.14 bits per heavy atom. The molecule has 1 aromatic heterocycles. The topological polar surface area (TPSA) is 125 Å². The van der Waals surface area contributed by atoms with E-state index in [-0.39, 0.29) is 13.1 Å². The Balaban J connectivity index is 1.51. The molecule has 0 aliphatic carbocycles. The smallest absolute Gasteiger partial charge is 0.316 e. The van der Waals surface area contributed by atoms with E-state index >= 15 is 0 Å². The molecule has 0 saturated carbocycles. The quantitative estimate of drug-likeness (QED) is 0.184. The largest absolute Gasteiger partial charge is 0.324 e. The zero-order valence-corrected chi connectivity index (χ0v) is 20.4. The number of benzene rings is 3. The van der Waals surface area contributed by atoms with Crippen LogP contribution in [0.4, 0.5) is 4.79 Å². The van der Waals surface area contributed by atoms with Gasteiger partial charge in [0.15, 0.2) is 0 Å². The zero-order chi connectivity index (χ0) is 26.0. The van der Waals surface area contributed by atoms with Crippen LogP contribution in [0.5, 0.6) is 0 Å². The van der Waals surface area contributed by atoms with E-state index in [1.165, 1.54) is 23.1 Å². The van der Waals surface area contributed by atoms with Gasteiger partial charge in [-0.3, -0.25) is 20.1 Å². The lowest BCUT2D eigenvalue weighted by Crippen LogP contribution is -2.42. The second kappa shape index (κ2) is 12.3. The van der Waals surface area contributed by atoms with Crippen molar-refractivity contribution in [3.8, 4) is 11.3 Å². The van der Waals surface area contributed by atoms with Crippen LogP contribution in [-0.2, 0) is 17.9 Å². The van der Waals surface area contributed by atoms with Crippen LogP contribution in [0.25, 0.3) is 17.3 Å². The van der Waals surface area contributed by atoms with Gasteiger partial charge in [0.05, 0.1) is 0 Å². The first-order valence-electron chi connectivity index (χ1n) is 11.2. The lowest BCUT2D eigenvalue weighted by molar-refractivity contribution is -0.124. The number of imide groups is 1. The highest BCUT2D eigenvalue weighted by Crippen LogP contribution is 2.20. The number of nitrogens with one attached hydrogen (secondary N) is 2. The minimum atomic E-state index is -0.632. The Morgan fingerprint density at radius 1 is 0.892 bits per heavy atom. The summed E-state index contributed by atoms with van der Waals surface area (Å²) < 4.78 is 3.89. The van der Waals surface area contributed by atoms with Crippen molar-refractivity contribution in [3.05, 3.63) is 113 Å². The van der Waals surface area contributed by atoms with Gasteiger partial charge in [0, 0.05) is 35.7 Å². The Hall–Kier alpha value is -4.67. The normalized spacial score (nSPS) is 10.7. The predicted molar refractivity (Wildman–Crippen MR) is 139 cm³/mol. The van der Waals surface area contributed by atoms with Crippen molar-refractivity contribution < 1.29 is 19.6 Å². The van der Waals surface area contributed by atoms with Gasteiger partial charge in [-0.2, -0.15) is 0 Å². The molecule has 0 atom stereocenters. The molecule has 4 aromatic rings. The highest BCUT2D eigenvalue weighted by atomic mass is 32.1. The first kappa shape index (κ1) is 25.4. The third-order valence-corrected chi connectivity index (χ3v) is 5.92. The second-order valence-corrected chi connectivity index (χ2v) is 8.63. The Labute approximate surface area is 217 Å². The number of rotatable bonds is 8. The van der Waals surface area contributed by atoms with Crippen LogP contribution in [0.2, 0.25) is 0 Å². The number of nitrogens with zero attached hydrogens (tertiary/aromatic N) is 3. The number of carbonyl (C=O) groups is 3. The third kappa shape index (κ3) is 7.17. The molecule has 0 unspecified atom stereocenters. The van der Waals surface area contributed by atoms with Crippen LogP contribution in [0.1, 0.15) is 27.0 Å². The van der Waals surface area contributed by atoms with Crippen molar-refractivity contribution in [2.45, 2.75) is 13.1 Å². The number of aromatic nitrogens is 2. The van der Waals surface area contributed by atoms with Gasteiger partial charge < -0.3 is 4.90 Å². The minimum Gasteiger partial charge on any atom is -0.316 e. The Kier molecular flexibility index (Phi) is 8.48. The molecule has 0 bridgehead atoms. The van der Waals surface area contributed by atoms with Gasteiger partial charge in [0.2, 0.25) is 0 Å². The Morgan fingerprint density at radius 2 is 1.54 bits per heavy atom. The van der Waals surface area contributed by atoms with Crippen LogP contribution >= 0.6 is 11.5 Å². The molecular formula is C27H23N5O4S. The minimum absolute atomic E-state index is 0.243. The summed E-state index contributed by atoms with van der Waals surface area (Å²) >= 11 is 1.28. The molecule has 186 valence electrons. The standard InChI is InChI=1S/C27H23N5O4S/c33-25(30-36)15-12-19-6-8-20(9-7-19)16-32(27(35)28-26(34)23-4-2-1-3-5-23)17-21-10-13-22(14-11-21)24-18-37-31-29-24/h1-15,18,36H,16-17H2,(H,30,33)(H,28,34,35). The Bertz CT molecular complexity index is 1370. The van der Waals surface area contributed by atoms with E-state index in [4.69, 9.17) is 5.21 Å². The van der Waals surface area contributed by atoms with Crippen LogP contribution in [0, 0.1) is 0 Å². The summed E-state index contributed by atoms with van der Waals surface area (Å²) in [6.07, 6.45) is 2.76. The summed E-state index contributed by atoms with van der Waals surface area (Å²) in [5.41, 5.74) is 6.08. The van der Waals surface area contributed by atoms with Gasteiger partial charge in [-0.1, -0.05) is 71.2 Å². The van der Waals surface area contributed by atoms with E-state index < -0.39 is 17.8 Å². The number of hydroxylamine groups is 1. The predicted octanol–water partition coefficient (Wildman–Crippen LogP) is 4.28. The fraction of sp³-hybridized carbons (Fsp3) is 0.0741. The number of hydrogen-bond acceptors (Lipinski definition) is 7. The molecule has 0 saturated heterocycles. The number of amides is 4. The SMILES string of the molecule is O=C(C=Cc1ccc(CN(Cc2ccc(-c3csnn3)cc2)C(=O)NC(=O)c2ccccc2)cc1)NO. The van der Waals surface area contributed by atoms with E-state index in [2.05, 4.69) is 14.9 Å². The number of urea groups is 1. The summed E-state index contributed by atoms with van der Waals surface area (Å²) in [5.74, 6) is -1.11. The highest BCUT2D eigenvalue weighted by Gasteiger charge is 2.18. The summed E-state index contributed by atoms with van der Waals surface area (Å²) in [4.78, 5) is 38.5. The maximum atomic E-state index is 13.2. The molecule has 0 aliphatic rings. The molecule has 10 heteroatoms. The summed E-state index contributed by atoms with van der Waals surface area (Å²) in [5, 5.41) is 17.0. The first-order valence-corrected chi connectivity index (χ1v) is 12.1. The van der Waals surface area contributed by atoms with Crippen LogP contribution in [-0.4, -0.2) is 37.5 Å². The van der Waals surface area contributed by atoms with Gasteiger partial charge in [-0.25, -0.2) is 10.3 Å². The molecule has 4 amide bonds. The van der Waals surface area contributed by atoms with E-state index in [0.717, 1.165) is 27.9 Å². The van der Waals surface area contributed by atoms with Crippen molar-refractivity contribution in [2.75, 3.05) is 0 Å². The average molecular weight is 514 g/mol. The molecule has 9 nitrogen and oxygen atoms in total. The molecule has 0 aliphatic heterocycles. The molecule has 3 aromatic carbocycles. The van der Waals surface area contributed by atoms with Crippen LogP contribution < -0.4 is 10.8 Å². The van der Waals surface area contributed by atoms with Gasteiger partial charge in [0.1, 0.15) is 5.69 Å². The number of hydrogen-bond donors (Lipinski definition) is 3. The highest BCUT2D eigenvalue weighted by molar-refractivity contribution is 7.03. The third-order valence-electron chi connectivity index (χ3n) is 5.42. The van der Waals surface area contributed by atoms with Gasteiger partial charge >= 0.3 is 6.03 Å². The molecular weight excluding hydrogens is 490 g/mol. The second-order valence-electron chi connectivity index (χ2n) is 8.02. The van der Waals surface area contributed by atoms with E-state index in [1.807, 2.05) is 41.8 Å². The monoisotopic (exact) mass is 513 g/mol. The lowest BCUT2D eigenvalue weighted by atomic mass is 10.1.